The van der Waals surface area contributed by atoms with Gasteiger partial charge in [0.15, 0.2) is 11.5 Å². The number of methoxy groups -OCH3 is 1. The molecular formula is C19H17NO2S. The molecule has 116 valence electrons. The Kier molecular flexibility index (Phi) is 4.44. The monoisotopic (exact) mass is 323 g/mol. The van der Waals surface area contributed by atoms with Crippen LogP contribution in [0, 0.1) is 0 Å². The summed E-state index contributed by atoms with van der Waals surface area (Å²) < 4.78 is 11.4. The first-order valence-electron chi connectivity index (χ1n) is 7.27. The maximum atomic E-state index is 6.02. The van der Waals surface area contributed by atoms with E-state index in [1.165, 1.54) is 10.8 Å². The summed E-state index contributed by atoms with van der Waals surface area (Å²) >= 11 is 5.11. The van der Waals surface area contributed by atoms with E-state index in [0.717, 1.165) is 5.56 Å². The SMILES string of the molecule is COc1cccc(C(N)=S)c1OCc1cccc2ccccc12. The Morgan fingerprint density at radius 2 is 1.74 bits per heavy atom. The maximum Gasteiger partial charge on any atom is 0.171 e. The number of hydrogen-bond donors (Lipinski definition) is 1. The minimum atomic E-state index is 0.289. The molecule has 4 heteroatoms. The topological polar surface area (TPSA) is 44.5 Å². The van der Waals surface area contributed by atoms with Gasteiger partial charge in [0.25, 0.3) is 0 Å². The molecule has 0 atom stereocenters. The normalized spacial score (nSPS) is 10.5. The van der Waals surface area contributed by atoms with Gasteiger partial charge in [-0.2, -0.15) is 0 Å². The fourth-order valence-electron chi connectivity index (χ4n) is 2.59. The summed E-state index contributed by atoms with van der Waals surface area (Å²) in [5.41, 5.74) is 7.57. The number of nitrogens with two attached hydrogens (primary N) is 1. The highest BCUT2D eigenvalue weighted by molar-refractivity contribution is 7.80. The van der Waals surface area contributed by atoms with E-state index in [1.807, 2.05) is 36.4 Å². The molecule has 3 nitrogen and oxygen atoms in total. The van der Waals surface area contributed by atoms with E-state index in [4.69, 9.17) is 27.4 Å². The summed E-state index contributed by atoms with van der Waals surface area (Å²) in [6.07, 6.45) is 0. The second kappa shape index (κ2) is 6.67. The van der Waals surface area contributed by atoms with Crippen molar-refractivity contribution < 1.29 is 9.47 Å². The fraction of sp³-hybridized carbons (Fsp3) is 0.105. The summed E-state index contributed by atoms with van der Waals surface area (Å²) in [7, 11) is 1.60. The lowest BCUT2D eigenvalue weighted by Crippen LogP contribution is -2.12. The van der Waals surface area contributed by atoms with Gasteiger partial charge in [-0.1, -0.05) is 60.7 Å². The van der Waals surface area contributed by atoms with Crippen molar-refractivity contribution in [1.29, 1.82) is 0 Å². The smallest absolute Gasteiger partial charge is 0.171 e. The van der Waals surface area contributed by atoms with Crippen molar-refractivity contribution in [1.82, 2.24) is 0 Å². The van der Waals surface area contributed by atoms with E-state index in [1.54, 1.807) is 7.11 Å². The zero-order chi connectivity index (χ0) is 16.2. The van der Waals surface area contributed by atoms with E-state index in [9.17, 15) is 0 Å². The second-order valence-corrected chi connectivity index (χ2v) is 5.57. The first-order chi connectivity index (χ1) is 11.2. The van der Waals surface area contributed by atoms with Crippen molar-refractivity contribution >= 4 is 28.0 Å². The van der Waals surface area contributed by atoms with Crippen LogP contribution in [0.5, 0.6) is 11.5 Å². The zero-order valence-electron chi connectivity index (χ0n) is 12.8. The lowest BCUT2D eigenvalue weighted by Gasteiger charge is -2.15. The van der Waals surface area contributed by atoms with Crippen LogP contribution in [0.15, 0.2) is 60.7 Å². The molecule has 23 heavy (non-hydrogen) atoms. The molecule has 0 saturated carbocycles. The molecule has 0 amide bonds. The van der Waals surface area contributed by atoms with Gasteiger partial charge in [0, 0.05) is 0 Å². The van der Waals surface area contributed by atoms with Crippen LogP contribution in [0.25, 0.3) is 10.8 Å². The number of ether oxygens (including phenoxy) is 2. The summed E-state index contributed by atoms with van der Waals surface area (Å²) in [5.74, 6) is 1.20. The number of benzene rings is 3. The van der Waals surface area contributed by atoms with Gasteiger partial charge in [-0.05, 0) is 28.5 Å². The number of rotatable bonds is 5. The molecule has 0 heterocycles. The standard InChI is InChI=1S/C19H17NO2S/c1-21-17-11-5-10-16(19(20)23)18(17)22-12-14-8-4-7-13-6-2-3-9-15(13)14/h2-11H,12H2,1H3,(H2,20,23). The number of hydrogen-bond acceptors (Lipinski definition) is 3. The van der Waals surface area contributed by atoms with Crippen molar-refractivity contribution in [3.05, 3.63) is 71.8 Å². The van der Waals surface area contributed by atoms with Gasteiger partial charge in [-0.15, -0.1) is 0 Å². The summed E-state index contributed by atoms with van der Waals surface area (Å²) in [6, 6.07) is 19.9. The van der Waals surface area contributed by atoms with Gasteiger partial charge in [-0.25, -0.2) is 0 Å². The first-order valence-corrected chi connectivity index (χ1v) is 7.68. The summed E-state index contributed by atoms with van der Waals surface area (Å²) in [4.78, 5) is 0.289. The van der Waals surface area contributed by atoms with E-state index in [2.05, 4.69) is 24.3 Å². The van der Waals surface area contributed by atoms with Crippen LogP contribution in [0.1, 0.15) is 11.1 Å². The van der Waals surface area contributed by atoms with Crippen LogP contribution in [0.3, 0.4) is 0 Å². The Balaban J connectivity index is 1.95. The van der Waals surface area contributed by atoms with Crippen LogP contribution in [-0.2, 0) is 6.61 Å². The molecule has 0 unspecified atom stereocenters. The van der Waals surface area contributed by atoms with Crippen LogP contribution in [0.2, 0.25) is 0 Å². The molecule has 0 fully saturated rings. The van der Waals surface area contributed by atoms with Crippen LogP contribution in [-0.4, -0.2) is 12.1 Å². The third-order valence-electron chi connectivity index (χ3n) is 3.72. The van der Waals surface area contributed by atoms with Crippen molar-refractivity contribution in [2.75, 3.05) is 7.11 Å². The molecule has 0 saturated heterocycles. The average molecular weight is 323 g/mol. The molecule has 0 bridgehead atoms. The number of thiocarbonyl (C=S) groups is 1. The van der Waals surface area contributed by atoms with Crippen molar-refractivity contribution in [2.45, 2.75) is 6.61 Å². The van der Waals surface area contributed by atoms with E-state index < -0.39 is 0 Å². The average Bonchev–Trinajstić information content (AvgIpc) is 2.59. The Hall–Kier alpha value is -2.59. The molecule has 3 rings (SSSR count). The lowest BCUT2D eigenvalue weighted by atomic mass is 10.1. The minimum Gasteiger partial charge on any atom is -0.493 e. The Labute approximate surface area is 140 Å². The Morgan fingerprint density at radius 1 is 1.00 bits per heavy atom. The van der Waals surface area contributed by atoms with E-state index >= 15 is 0 Å². The minimum absolute atomic E-state index is 0.289. The van der Waals surface area contributed by atoms with Crippen LogP contribution < -0.4 is 15.2 Å². The Morgan fingerprint density at radius 3 is 2.52 bits per heavy atom. The molecule has 2 N–H and O–H groups in total. The zero-order valence-corrected chi connectivity index (χ0v) is 13.6. The summed E-state index contributed by atoms with van der Waals surface area (Å²) in [5, 5.41) is 2.35. The molecule has 0 spiro atoms. The van der Waals surface area contributed by atoms with Crippen LogP contribution in [0.4, 0.5) is 0 Å². The largest absolute Gasteiger partial charge is 0.493 e. The van der Waals surface area contributed by atoms with Crippen molar-refractivity contribution in [3.63, 3.8) is 0 Å². The molecule has 3 aromatic rings. The highest BCUT2D eigenvalue weighted by atomic mass is 32.1. The molecule has 0 aliphatic rings. The second-order valence-electron chi connectivity index (χ2n) is 5.13. The molecule has 0 radical (unpaired) electrons. The third-order valence-corrected chi connectivity index (χ3v) is 3.94. The van der Waals surface area contributed by atoms with Crippen LogP contribution >= 0.6 is 12.2 Å². The highest BCUT2D eigenvalue weighted by Crippen LogP contribution is 2.32. The van der Waals surface area contributed by atoms with Crippen molar-refractivity contribution in [2.24, 2.45) is 5.73 Å². The van der Waals surface area contributed by atoms with Gasteiger partial charge >= 0.3 is 0 Å². The molecule has 0 aromatic heterocycles. The van der Waals surface area contributed by atoms with Gasteiger partial charge in [0.1, 0.15) is 11.6 Å². The van der Waals surface area contributed by atoms with Gasteiger partial charge in [-0.3, -0.25) is 0 Å². The van der Waals surface area contributed by atoms with Gasteiger partial charge in [0.05, 0.1) is 12.7 Å². The fourth-order valence-corrected chi connectivity index (χ4v) is 2.75. The number of fused-ring (bicyclic) bond motifs is 1. The van der Waals surface area contributed by atoms with Crippen molar-refractivity contribution in [3.8, 4) is 11.5 Å². The van der Waals surface area contributed by atoms with E-state index in [-0.39, 0.29) is 4.99 Å². The Bertz CT molecular complexity index is 856. The first kappa shape index (κ1) is 15.3. The lowest BCUT2D eigenvalue weighted by molar-refractivity contribution is 0.285. The van der Waals surface area contributed by atoms with E-state index in [0.29, 0.717) is 23.7 Å². The quantitative estimate of drug-likeness (QED) is 0.719. The predicted octanol–water partition coefficient (Wildman–Crippen LogP) is 4.06. The molecular weight excluding hydrogens is 306 g/mol. The number of para-hydroxylation sites is 1. The van der Waals surface area contributed by atoms with Gasteiger partial charge < -0.3 is 15.2 Å². The molecule has 3 aromatic carbocycles. The predicted molar refractivity (Wildman–Crippen MR) is 97.2 cm³/mol. The molecule has 0 aliphatic carbocycles. The summed E-state index contributed by atoms with van der Waals surface area (Å²) in [6.45, 7) is 0.414. The highest BCUT2D eigenvalue weighted by Gasteiger charge is 2.13. The molecule has 0 aliphatic heterocycles. The third kappa shape index (κ3) is 3.12. The maximum absolute atomic E-state index is 6.02. The van der Waals surface area contributed by atoms with Gasteiger partial charge in [0.2, 0.25) is 0 Å².